The van der Waals surface area contributed by atoms with E-state index in [2.05, 4.69) is 15.3 Å². The van der Waals surface area contributed by atoms with Gasteiger partial charge in [0.2, 0.25) is 0 Å². The number of nitrogens with zero attached hydrogens (tertiary/aromatic N) is 1. The van der Waals surface area contributed by atoms with Crippen molar-refractivity contribution < 1.29 is 4.79 Å². The minimum atomic E-state index is -0.0866. The van der Waals surface area contributed by atoms with E-state index >= 15 is 0 Å². The van der Waals surface area contributed by atoms with Crippen molar-refractivity contribution in [3.63, 3.8) is 0 Å². The van der Waals surface area contributed by atoms with E-state index in [1.165, 1.54) is 11.3 Å². The molecule has 0 unspecified atom stereocenters. The predicted molar refractivity (Wildman–Crippen MR) is 93.8 cm³/mol. The Hall–Kier alpha value is -2.92. The van der Waals surface area contributed by atoms with E-state index in [1.807, 2.05) is 66.0 Å². The van der Waals surface area contributed by atoms with Gasteiger partial charge < -0.3 is 10.3 Å². The molecule has 4 nitrogen and oxygen atoms in total. The van der Waals surface area contributed by atoms with Gasteiger partial charge in [-0.2, -0.15) is 0 Å². The Morgan fingerprint density at radius 2 is 1.83 bits per heavy atom. The topological polar surface area (TPSA) is 57.8 Å². The molecule has 2 aromatic heterocycles. The normalized spacial score (nSPS) is 10.8. The lowest BCUT2D eigenvalue weighted by molar-refractivity contribution is 0.103. The molecule has 4 rings (SSSR count). The second-order valence-electron chi connectivity index (χ2n) is 5.11. The van der Waals surface area contributed by atoms with Crippen LogP contribution in [0.15, 0.2) is 66.0 Å². The highest BCUT2D eigenvalue weighted by Gasteiger charge is 2.08. The van der Waals surface area contributed by atoms with Gasteiger partial charge in [-0.25, -0.2) is 4.98 Å². The fourth-order valence-electron chi connectivity index (χ4n) is 2.40. The fraction of sp³-hybridized carbons (Fsp3) is 0. The number of para-hydroxylation sites is 2. The highest BCUT2D eigenvalue weighted by atomic mass is 32.1. The first-order valence-corrected chi connectivity index (χ1v) is 8.07. The number of carbonyl (C=O) groups is 1. The number of aromatic nitrogens is 2. The zero-order valence-electron chi connectivity index (χ0n) is 12.1. The summed E-state index contributed by atoms with van der Waals surface area (Å²) in [5.74, 6) is 0.735. The Morgan fingerprint density at radius 3 is 2.57 bits per heavy atom. The lowest BCUT2D eigenvalue weighted by Gasteiger charge is -2.04. The predicted octanol–water partition coefficient (Wildman–Crippen LogP) is 4.54. The molecule has 1 amide bonds. The van der Waals surface area contributed by atoms with Crippen LogP contribution in [0.2, 0.25) is 0 Å². The number of H-pyrrole nitrogens is 1. The number of fused-ring (bicyclic) bond motifs is 1. The van der Waals surface area contributed by atoms with E-state index in [1.54, 1.807) is 0 Å². The van der Waals surface area contributed by atoms with Crippen molar-refractivity contribution in [1.29, 1.82) is 0 Å². The van der Waals surface area contributed by atoms with E-state index in [4.69, 9.17) is 0 Å². The van der Waals surface area contributed by atoms with Gasteiger partial charge in [0.05, 0.1) is 15.9 Å². The molecule has 0 atom stereocenters. The van der Waals surface area contributed by atoms with Gasteiger partial charge >= 0.3 is 0 Å². The van der Waals surface area contributed by atoms with Crippen LogP contribution in [0.1, 0.15) is 9.67 Å². The standard InChI is InChI=1S/C18H13N3OS/c22-18(16-6-3-11-23-16)19-13-9-7-12(8-10-13)17-20-14-4-1-2-5-15(14)21-17/h1-11H,(H,19,22)(H,20,21). The molecule has 2 N–H and O–H groups in total. The third-order valence-electron chi connectivity index (χ3n) is 3.55. The molecule has 0 saturated heterocycles. The fourth-order valence-corrected chi connectivity index (χ4v) is 3.02. The van der Waals surface area contributed by atoms with Gasteiger partial charge in [-0.3, -0.25) is 4.79 Å². The van der Waals surface area contributed by atoms with E-state index in [0.717, 1.165) is 28.1 Å². The molecule has 0 bridgehead atoms. The number of amides is 1. The SMILES string of the molecule is O=C(Nc1ccc(-c2nc3ccccc3[nH]2)cc1)c1cccs1. The molecule has 112 valence electrons. The Morgan fingerprint density at radius 1 is 1.00 bits per heavy atom. The van der Waals surface area contributed by atoms with E-state index < -0.39 is 0 Å². The molecular formula is C18H13N3OS. The van der Waals surface area contributed by atoms with Crippen LogP contribution in [0.4, 0.5) is 5.69 Å². The number of anilines is 1. The smallest absolute Gasteiger partial charge is 0.265 e. The number of carbonyl (C=O) groups excluding carboxylic acids is 1. The van der Waals surface area contributed by atoms with Crippen LogP contribution in [-0.2, 0) is 0 Å². The Balaban J connectivity index is 1.57. The monoisotopic (exact) mass is 319 g/mol. The van der Waals surface area contributed by atoms with E-state index in [0.29, 0.717) is 4.88 Å². The number of imidazole rings is 1. The van der Waals surface area contributed by atoms with Crippen LogP contribution >= 0.6 is 11.3 Å². The zero-order chi connectivity index (χ0) is 15.6. The van der Waals surface area contributed by atoms with Gasteiger partial charge in [0.15, 0.2) is 0 Å². The molecule has 0 aliphatic heterocycles. The summed E-state index contributed by atoms with van der Waals surface area (Å²) >= 11 is 1.43. The van der Waals surface area contributed by atoms with Crippen molar-refractivity contribution in [1.82, 2.24) is 9.97 Å². The van der Waals surface area contributed by atoms with Gasteiger partial charge in [0.1, 0.15) is 5.82 Å². The highest BCUT2D eigenvalue weighted by molar-refractivity contribution is 7.12. The van der Waals surface area contributed by atoms with Crippen LogP contribution in [0.3, 0.4) is 0 Å². The highest BCUT2D eigenvalue weighted by Crippen LogP contribution is 2.22. The van der Waals surface area contributed by atoms with Gasteiger partial charge in [0.25, 0.3) is 5.91 Å². The molecule has 2 aromatic carbocycles. The summed E-state index contributed by atoms with van der Waals surface area (Å²) in [5, 5.41) is 4.78. The van der Waals surface area contributed by atoms with Crippen LogP contribution in [0, 0.1) is 0 Å². The molecule has 0 saturated carbocycles. The Kier molecular flexibility index (Phi) is 3.40. The van der Waals surface area contributed by atoms with Gasteiger partial charge in [-0.15, -0.1) is 11.3 Å². The number of rotatable bonds is 3. The third-order valence-corrected chi connectivity index (χ3v) is 4.42. The number of hydrogen-bond acceptors (Lipinski definition) is 3. The molecule has 2 heterocycles. The molecule has 0 radical (unpaired) electrons. The number of benzene rings is 2. The average Bonchev–Trinajstić information content (AvgIpc) is 3.25. The average molecular weight is 319 g/mol. The summed E-state index contributed by atoms with van der Waals surface area (Å²) < 4.78 is 0. The summed E-state index contributed by atoms with van der Waals surface area (Å²) in [7, 11) is 0. The third kappa shape index (κ3) is 2.74. The molecule has 23 heavy (non-hydrogen) atoms. The lowest BCUT2D eigenvalue weighted by Crippen LogP contribution is -2.09. The molecule has 5 heteroatoms. The summed E-state index contributed by atoms with van der Waals surface area (Å²) in [6.45, 7) is 0. The molecule has 0 fully saturated rings. The van der Waals surface area contributed by atoms with Crippen molar-refractivity contribution in [2.24, 2.45) is 0 Å². The number of thiophene rings is 1. The van der Waals surface area contributed by atoms with Crippen molar-refractivity contribution in [3.8, 4) is 11.4 Å². The maximum absolute atomic E-state index is 12.0. The first kappa shape index (κ1) is 13.7. The number of hydrogen-bond donors (Lipinski definition) is 2. The maximum atomic E-state index is 12.0. The zero-order valence-corrected chi connectivity index (χ0v) is 12.9. The maximum Gasteiger partial charge on any atom is 0.265 e. The Bertz CT molecular complexity index is 923. The molecule has 4 aromatic rings. The van der Waals surface area contributed by atoms with Crippen molar-refractivity contribution >= 4 is 34.0 Å². The largest absolute Gasteiger partial charge is 0.338 e. The second kappa shape index (κ2) is 5.70. The summed E-state index contributed by atoms with van der Waals surface area (Å²) in [4.78, 5) is 20.6. The lowest BCUT2D eigenvalue weighted by atomic mass is 10.2. The van der Waals surface area contributed by atoms with Gasteiger partial charge in [-0.05, 0) is 47.8 Å². The van der Waals surface area contributed by atoms with Crippen LogP contribution in [0.5, 0.6) is 0 Å². The first-order valence-electron chi connectivity index (χ1n) is 7.20. The molecule has 0 aliphatic rings. The number of aromatic amines is 1. The van der Waals surface area contributed by atoms with Crippen molar-refractivity contribution in [2.45, 2.75) is 0 Å². The summed E-state index contributed by atoms with van der Waals surface area (Å²) in [6, 6.07) is 19.3. The van der Waals surface area contributed by atoms with Crippen molar-refractivity contribution in [2.75, 3.05) is 5.32 Å². The second-order valence-corrected chi connectivity index (χ2v) is 6.06. The summed E-state index contributed by atoms with van der Waals surface area (Å²) in [6.07, 6.45) is 0. The number of nitrogens with one attached hydrogen (secondary N) is 2. The van der Waals surface area contributed by atoms with Crippen molar-refractivity contribution in [3.05, 3.63) is 70.9 Å². The minimum absolute atomic E-state index is 0.0866. The van der Waals surface area contributed by atoms with E-state index in [-0.39, 0.29) is 5.91 Å². The van der Waals surface area contributed by atoms with Gasteiger partial charge in [-0.1, -0.05) is 18.2 Å². The minimum Gasteiger partial charge on any atom is -0.338 e. The summed E-state index contributed by atoms with van der Waals surface area (Å²) in [5.41, 5.74) is 3.70. The molecular weight excluding hydrogens is 306 g/mol. The molecule has 0 spiro atoms. The quantitative estimate of drug-likeness (QED) is 0.582. The van der Waals surface area contributed by atoms with Crippen LogP contribution in [-0.4, -0.2) is 15.9 Å². The van der Waals surface area contributed by atoms with Crippen LogP contribution in [0.25, 0.3) is 22.4 Å². The van der Waals surface area contributed by atoms with Crippen LogP contribution < -0.4 is 5.32 Å². The first-order chi connectivity index (χ1) is 11.3. The Labute approximate surface area is 136 Å². The van der Waals surface area contributed by atoms with E-state index in [9.17, 15) is 4.79 Å². The van der Waals surface area contributed by atoms with Gasteiger partial charge in [0, 0.05) is 11.3 Å². The molecule has 0 aliphatic carbocycles.